The van der Waals surface area contributed by atoms with Gasteiger partial charge in [-0.1, -0.05) is 6.07 Å². The van der Waals surface area contributed by atoms with E-state index in [0.717, 1.165) is 18.2 Å². The molecule has 0 saturated heterocycles. The maximum atomic E-state index is 12.6. The third-order valence-corrected chi connectivity index (χ3v) is 2.86. The Balaban J connectivity index is 2.03. The van der Waals surface area contributed by atoms with Gasteiger partial charge in [0.15, 0.2) is 5.88 Å². The quantitative estimate of drug-likeness (QED) is 0.694. The van der Waals surface area contributed by atoms with Crippen molar-refractivity contribution >= 4 is 18.0 Å². The van der Waals surface area contributed by atoms with Gasteiger partial charge in [0.25, 0.3) is 5.91 Å². The molecule has 5 nitrogen and oxygen atoms in total. The van der Waals surface area contributed by atoms with Crippen LogP contribution in [0.5, 0.6) is 0 Å². The number of hydrogen-bond donors (Lipinski definition) is 1. The van der Waals surface area contributed by atoms with Crippen LogP contribution in [0.2, 0.25) is 0 Å². The fraction of sp³-hybridized carbons (Fsp3) is 0.200. The molecule has 2 aromatic rings. The van der Waals surface area contributed by atoms with Gasteiger partial charge in [-0.05, 0) is 24.3 Å². The molecule has 122 valence electrons. The summed E-state index contributed by atoms with van der Waals surface area (Å²) in [6.07, 6.45) is -3.24. The molecule has 0 atom stereocenters. The molecule has 23 heavy (non-hydrogen) atoms. The minimum absolute atomic E-state index is 0.134. The number of nitrogens with zero attached hydrogens (tertiary/aromatic N) is 2. The van der Waals surface area contributed by atoms with Gasteiger partial charge in [-0.3, -0.25) is 4.79 Å². The van der Waals surface area contributed by atoms with E-state index in [1.165, 1.54) is 12.3 Å². The highest BCUT2D eigenvalue weighted by molar-refractivity contribution is 5.94. The number of hydrazone groups is 1. The third kappa shape index (κ3) is 4.35. The Morgan fingerprint density at radius 1 is 1.26 bits per heavy atom. The summed E-state index contributed by atoms with van der Waals surface area (Å²) in [6, 6.07) is 7.47. The van der Waals surface area contributed by atoms with Crippen LogP contribution in [-0.4, -0.2) is 26.2 Å². The number of anilines is 1. The van der Waals surface area contributed by atoms with E-state index in [4.69, 9.17) is 4.42 Å². The monoisotopic (exact) mass is 325 g/mol. The van der Waals surface area contributed by atoms with Crippen LogP contribution in [0, 0.1) is 0 Å². The number of furan rings is 1. The Bertz CT molecular complexity index is 721. The van der Waals surface area contributed by atoms with Gasteiger partial charge in [0.1, 0.15) is 5.76 Å². The zero-order valence-corrected chi connectivity index (χ0v) is 12.4. The normalized spacial score (nSPS) is 11.7. The summed E-state index contributed by atoms with van der Waals surface area (Å²) in [5, 5.41) is 3.66. The molecule has 0 radical (unpaired) electrons. The predicted octanol–water partition coefficient (Wildman–Crippen LogP) is 3.13. The van der Waals surface area contributed by atoms with Gasteiger partial charge in [-0.25, -0.2) is 5.43 Å². The molecular weight excluding hydrogens is 311 g/mol. The lowest BCUT2D eigenvalue weighted by atomic mass is 10.1. The van der Waals surface area contributed by atoms with Gasteiger partial charge in [-0.2, -0.15) is 18.3 Å². The van der Waals surface area contributed by atoms with E-state index in [0.29, 0.717) is 11.6 Å². The molecule has 1 heterocycles. The van der Waals surface area contributed by atoms with Crippen molar-refractivity contribution in [3.05, 3.63) is 53.3 Å². The molecule has 1 aromatic heterocycles. The van der Waals surface area contributed by atoms with Crippen molar-refractivity contribution in [3.63, 3.8) is 0 Å². The smallest absolute Gasteiger partial charge is 0.416 e. The summed E-state index contributed by atoms with van der Waals surface area (Å²) in [7, 11) is 3.60. The van der Waals surface area contributed by atoms with Gasteiger partial charge in [-0.15, -0.1) is 0 Å². The van der Waals surface area contributed by atoms with Crippen molar-refractivity contribution in [2.75, 3.05) is 19.0 Å². The minimum atomic E-state index is -4.50. The Morgan fingerprint density at radius 2 is 2.00 bits per heavy atom. The summed E-state index contributed by atoms with van der Waals surface area (Å²) in [5.74, 6) is 0.264. The lowest BCUT2D eigenvalue weighted by molar-refractivity contribution is -0.137. The fourth-order valence-electron chi connectivity index (χ4n) is 1.71. The van der Waals surface area contributed by atoms with Crippen LogP contribution in [0.3, 0.4) is 0 Å². The summed E-state index contributed by atoms with van der Waals surface area (Å²) in [6.45, 7) is 0. The number of carbonyl (C=O) groups is 1. The molecule has 0 aliphatic carbocycles. The van der Waals surface area contributed by atoms with E-state index in [1.807, 2.05) is 0 Å². The Morgan fingerprint density at radius 3 is 2.61 bits per heavy atom. The van der Waals surface area contributed by atoms with Crippen molar-refractivity contribution in [2.24, 2.45) is 5.10 Å². The summed E-state index contributed by atoms with van der Waals surface area (Å²) in [4.78, 5) is 13.5. The average molecular weight is 325 g/mol. The number of carbonyl (C=O) groups excluding carboxylic acids is 1. The van der Waals surface area contributed by atoms with Crippen molar-refractivity contribution in [2.45, 2.75) is 6.18 Å². The molecule has 0 aliphatic heterocycles. The first-order chi connectivity index (χ1) is 10.8. The first-order valence-corrected chi connectivity index (χ1v) is 6.55. The topological polar surface area (TPSA) is 57.8 Å². The van der Waals surface area contributed by atoms with E-state index in [-0.39, 0.29) is 5.56 Å². The zero-order chi connectivity index (χ0) is 17.0. The van der Waals surface area contributed by atoms with Gasteiger partial charge >= 0.3 is 6.18 Å². The third-order valence-electron chi connectivity index (χ3n) is 2.86. The van der Waals surface area contributed by atoms with E-state index < -0.39 is 17.6 Å². The molecule has 0 bridgehead atoms. The SMILES string of the molecule is CN(C)c1ccc(/C=N/NC(=O)c2cccc(C(F)(F)F)c2)o1. The molecule has 2 rings (SSSR count). The molecule has 0 unspecified atom stereocenters. The lowest BCUT2D eigenvalue weighted by Gasteiger charge is -2.07. The van der Waals surface area contributed by atoms with Crippen LogP contribution >= 0.6 is 0 Å². The summed E-state index contributed by atoms with van der Waals surface area (Å²) >= 11 is 0. The second kappa shape index (κ2) is 6.55. The summed E-state index contributed by atoms with van der Waals surface area (Å²) in [5.41, 5.74) is 1.13. The number of alkyl halides is 3. The van der Waals surface area contributed by atoms with Crippen molar-refractivity contribution in [1.82, 2.24) is 5.43 Å². The number of benzene rings is 1. The molecule has 1 N–H and O–H groups in total. The van der Waals surface area contributed by atoms with Crippen LogP contribution in [0.25, 0.3) is 0 Å². The molecule has 0 spiro atoms. The summed E-state index contributed by atoms with van der Waals surface area (Å²) < 4.78 is 43.2. The second-order valence-electron chi connectivity index (χ2n) is 4.85. The van der Waals surface area contributed by atoms with Gasteiger partial charge < -0.3 is 9.32 Å². The second-order valence-corrected chi connectivity index (χ2v) is 4.85. The fourth-order valence-corrected chi connectivity index (χ4v) is 1.71. The predicted molar refractivity (Wildman–Crippen MR) is 79.5 cm³/mol. The van der Waals surface area contributed by atoms with Crippen LogP contribution < -0.4 is 10.3 Å². The molecule has 1 aromatic carbocycles. The van der Waals surface area contributed by atoms with Crippen LogP contribution in [0.4, 0.5) is 19.1 Å². The van der Waals surface area contributed by atoms with E-state index in [2.05, 4.69) is 10.5 Å². The van der Waals surface area contributed by atoms with Crippen LogP contribution in [0.15, 0.2) is 45.9 Å². The van der Waals surface area contributed by atoms with E-state index in [1.54, 1.807) is 31.1 Å². The molecule has 0 saturated carbocycles. The first-order valence-electron chi connectivity index (χ1n) is 6.55. The highest BCUT2D eigenvalue weighted by atomic mass is 19.4. The zero-order valence-electron chi connectivity index (χ0n) is 12.4. The molecule has 1 amide bonds. The molecular formula is C15H14F3N3O2. The standard InChI is InChI=1S/C15H14F3N3O2/c1-21(2)13-7-6-12(23-13)9-19-20-14(22)10-4-3-5-11(8-10)15(16,17)18/h3-9H,1-2H3,(H,20,22)/b19-9+. The number of rotatable bonds is 4. The minimum Gasteiger partial charge on any atom is -0.440 e. The maximum Gasteiger partial charge on any atom is 0.416 e. The van der Waals surface area contributed by atoms with E-state index in [9.17, 15) is 18.0 Å². The Hall–Kier alpha value is -2.77. The van der Waals surface area contributed by atoms with Crippen molar-refractivity contribution in [3.8, 4) is 0 Å². The van der Waals surface area contributed by atoms with Gasteiger partial charge in [0.2, 0.25) is 0 Å². The van der Waals surface area contributed by atoms with Gasteiger partial charge in [0, 0.05) is 25.7 Å². The van der Waals surface area contributed by atoms with Crippen molar-refractivity contribution in [1.29, 1.82) is 0 Å². The number of halogens is 3. The highest BCUT2D eigenvalue weighted by Crippen LogP contribution is 2.29. The number of amides is 1. The van der Waals surface area contributed by atoms with Crippen LogP contribution in [-0.2, 0) is 6.18 Å². The van der Waals surface area contributed by atoms with Crippen LogP contribution in [0.1, 0.15) is 21.7 Å². The van der Waals surface area contributed by atoms with Crippen molar-refractivity contribution < 1.29 is 22.4 Å². The number of hydrogen-bond acceptors (Lipinski definition) is 4. The highest BCUT2D eigenvalue weighted by Gasteiger charge is 2.30. The number of nitrogens with one attached hydrogen (secondary N) is 1. The van der Waals surface area contributed by atoms with E-state index >= 15 is 0 Å². The maximum absolute atomic E-state index is 12.6. The first kappa shape index (κ1) is 16.6. The molecule has 0 aliphatic rings. The average Bonchev–Trinajstić information content (AvgIpc) is 2.95. The Labute approximate surface area is 130 Å². The largest absolute Gasteiger partial charge is 0.440 e. The molecule has 0 fully saturated rings. The Kier molecular flexibility index (Phi) is 4.73. The molecule has 8 heteroatoms. The van der Waals surface area contributed by atoms with Gasteiger partial charge in [0.05, 0.1) is 11.8 Å². The lowest BCUT2D eigenvalue weighted by Crippen LogP contribution is -2.18.